The number of benzene rings is 1. The van der Waals surface area contributed by atoms with Gasteiger partial charge in [0.2, 0.25) is 0 Å². The van der Waals surface area contributed by atoms with Gasteiger partial charge in [0.05, 0.1) is 11.3 Å². The molecular weight excluding hydrogens is 257 g/mol. The third-order valence-electron chi connectivity index (χ3n) is 2.97. The fraction of sp³-hybridized carbons (Fsp3) is 0.200. The molecule has 1 heterocycles. The van der Waals surface area contributed by atoms with E-state index >= 15 is 0 Å². The standard InChI is InChI=1S/C15H16FN3O/c1-3-19(13-7-5-4-6-12(13)16)15(20)11-8-9-14(17-2)18-10-11/h4-10H,3H2,1-2H3,(H,17,18). The highest BCUT2D eigenvalue weighted by Gasteiger charge is 2.18. The number of carbonyl (C=O) groups is 1. The number of rotatable bonds is 4. The number of hydrogen-bond donors (Lipinski definition) is 1. The van der Waals surface area contributed by atoms with Crippen molar-refractivity contribution in [1.82, 2.24) is 4.98 Å². The highest BCUT2D eigenvalue weighted by atomic mass is 19.1. The third-order valence-corrected chi connectivity index (χ3v) is 2.97. The molecule has 0 radical (unpaired) electrons. The number of nitrogens with one attached hydrogen (secondary N) is 1. The normalized spacial score (nSPS) is 10.2. The zero-order chi connectivity index (χ0) is 14.5. The number of para-hydroxylation sites is 1. The molecule has 104 valence electrons. The van der Waals surface area contributed by atoms with Gasteiger partial charge in [0.1, 0.15) is 11.6 Å². The number of nitrogens with zero attached hydrogens (tertiary/aromatic N) is 2. The third kappa shape index (κ3) is 2.77. The lowest BCUT2D eigenvalue weighted by Gasteiger charge is -2.21. The van der Waals surface area contributed by atoms with Crippen molar-refractivity contribution in [3.8, 4) is 0 Å². The van der Waals surface area contributed by atoms with Crippen LogP contribution in [0.3, 0.4) is 0 Å². The van der Waals surface area contributed by atoms with Gasteiger partial charge in [0, 0.05) is 19.8 Å². The molecule has 0 aliphatic carbocycles. The lowest BCUT2D eigenvalue weighted by atomic mass is 10.2. The molecule has 0 saturated carbocycles. The number of aromatic nitrogens is 1. The average molecular weight is 273 g/mol. The Morgan fingerprint density at radius 3 is 2.60 bits per heavy atom. The summed E-state index contributed by atoms with van der Waals surface area (Å²) < 4.78 is 13.8. The molecule has 2 aromatic rings. The summed E-state index contributed by atoms with van der Waals surface area (Å²) in [5.74, 6) is -0.00857. The van der Waals surface area contributed by atoms with Crippen LogP contribution in [0.5, 0.6) is 0 Å². The van der Waals surface area contributed by atoms with E-state index in [2.05, 4.69) is 10.3 Å². The molecule has 0 fully saturated rings. The van der Waals surface area contributed by atoms with Crippen LogP contribution in [-0.2, 0) is 0 Å². The summed E-state index contributed by atoms with van der Waals surface area (Å²) in [6, 6.07) is 9.62. The summed E-state index contributed by atoms with van der Waals surface area (Å²) in [5, 5.41) is 2.88. The number of carbonyl (C=O) groups excluding carboxylic acids is 1. The van der Waals surface area contributed by atoms with Crippen LogP contribution in [0.2, 0.25) is 0 Å². The highest BCUT2D eigenvalue weighted by molar-refractivity contribution is 6.06. The summed E-state index contributed by atoms with van der Waals surface area (Å²) in [4.78, 5) is 17.9. The summed E-state index contributed by atoms with van der Waals surface area (Å²) in [6.45, 7) is 2.19. The van der Waals surface area contributed by atoms with Gasteiger partial charge >= 0.3 is 0 Å². The average Bonchev–Trinajstić information content (AvgIpc) is 2.50. The van der Waals surface area contributed by atoms with Gasteiger partial charge in [0.25, 0.3) is 5.91 Å². The Kier molecular flexibility index (Phi) is 4.30. The maximum Gasteiger partial charge on any atom is 0.259 e. The van der Waals surface area contributed by atoms with Crippen LogP contribution >= 0.6 is 0 Å². The van der Waals surface area contributed by atoms with Crippen LogP contribution in [0, 0.1) is 5.82 Å². The molecule has 1 amide bonds. The summed E-state index contributed by atoms with van der Waals surface area (Å²) >= 11 is 0. The van der Waals surface area contributed by atoms with Gasteiger partial charge in [-0.25, -0.2) is 9.37 Å². The number of halogens is 1. The van der Waals surface area contributed by atoms with Crippen LogP contribution < -0.4 is 10.2 Å². The van der Waals surface area contributed by atoms with E-state index in [-0.39, 0.29) is 11.6 Å². The minimum atomic E-state index is -0.414. The fourth-order valence-electron chi connectivity index (χ4n) is 1.92. The molecule has 2 rings (SSSR count). The van der Waals surface area contributed by atoms with Gasteiger partial charge in [-0.2, -0.15) is 0 Å². The fourth-order valence-corrected chi connectivity index (χ4v) is 1.92. The molecule has 0 saturated heterocycles. The lowest BCUT2D eigenvalue weighted by Crippen LogP contribution is -2.31. The molecule has 1 N–H and O–H groups in total. The Morgan fingerprint density at radius 1 is 1.30 bits per heavy atom. The van der Waals surface area contributed by atoms with Crippen molar-refractivity contribution in [1.29, 1.82) is 0 Å². The van der Waals surface area contributed by atoms with Crippen LogP contribution in [-0.4, -0.2) is 24.5 Å². The van der Waals surface area contributed by atoms with E-state index in [1.165, 1.54) is 17.2 Å². The quantitative estimate of drug-likeness (QED) is 0.931. The van der Waals surface area contributed by atoms with Crippen molar-refractivity contribution >= 4 is 17.4 Å². The van der Waals surface area contributed by atoms with E-state index in [9.17, 15) is 9.18 Å². The van der Waals surface area contributed by atoms with Crippen molar-refractivity contribution in [3.05, 3.63) is 54.0 Å². The van der Waals surface area contributed by atoms with Crippen molar-refractivity contribution in [3.63, 3.8) is 0 Å². The Bertz CT molecular complexity index is 598. The van der Waals surface area contributed by atoms with Gasteiger partial charge in [-0.05, 0) is 31.2 Å². The molecule has 1 aromatic heterocycles. The molecule has 0 bridgehead atoms. The van der Waals surface area contributed by atoms with Gasteiger partial charge < -0.3 is 10.2 Å². The molecule has 0 atom stereocenters. The van der Waals surface area contributed by atoms with Crippen LogP contribution in [0.25, 0.3) is 0 Å². The molecule has 1 aromatic carbocycles. The van der Waals surface area contributed by atoms with Gasteiger partial charge in [-0.1, -0.05) is 12.1 Å². The molecule has 20 heavy (non-hydrogen) atoms. The van der Waals surface area contributed by atoms with Crippen molar-refractivity contribution < 1.29 is 9.18 Å². The van der Waals surface area contributed by atoms with E-state index in [0.29, 0.717) is 17.9 Å². The van der Waals surface area contributed by atoms with E-state index in [1.54, 1.807) is 44.3 Å². The van der Waals surface area contributed by atoms with Gasteiger partial charge in [-0.3, -0.25) is 4.79 Å². The Balaban J connectivity index is 2.31. The molecule has 0 spiro atoms. The monoisotopic (exact) mass is 273 g/mol. The smallest absolute Gasteiger partial charge is 0.259 e. The topological polar surface area (TPSA) is 45.2 Å². The predicted molar refractivity (Wildman–Crippen MR) is 77.5 cm³/mol. The SMILES string of the molecule is CCN(C(=O)c1ccc(NC)nc1)c1ccccc1F. The molecule has 4 nitrogen and oxygen atoms in total. The van der Waals surface area contributed by atoms with E-state index in [1.807, 2.05) is 0 Å². The second kappa shape index (κ2) is 6.14. The van der Waals surface area contributed by atoms with E-state index in [4.69, 9.17) is 0 Å². The summed E-state index contributed by atoms with van der Waals surface area (Å²) in [5.41, 5.74) is 0.701. The number of amides is 1. The zero-order valence-electron chi connectivity index (χ0n) is 11.4. The maximum atomic E-state index is 13.8. The van der Waals surface area contributed by atoms with E-state index < -0.39 is 5.82 Å². The molecular formula is C15H16FN3O. The number of hydrogen-bond acceptors (Lipinski definition) is 3. The minimum Gasteiger partial charge on any atom is -0.373 e. The lowest BCUT2D eigenvalue weighted by molar-refractivity contribution is 0.0987. The largest absolute Gasteiger partial charge is 0.373 e. The number of anilines is 2. The first-order valence-electron chi connectivity index (χ1n) is 6.37. The molecule has 5 heteroatoms. The second-order valence-corrected chi connectivity index (χ2v) is 4.18. The first-order valence-corrected chi connectivity index (χ1v) is 6.37. The first-order chi connectivity index (χ1) is 9.67. The highest BCUT2D eigenvalue weighted by Crippen LogP contribution is 2.20. The second-order valence-electron chi connectivity index (χ2n) is 4.18. The number of pyridine rings is 1. The predicted octanol–water partition coefficient (Wildman–Crippen LogP) is 2.93. The summed E-state index contributed by atoms with van der Waals surface area (Å²) in [7, 11) is 1.75. The van der Waals surface area contributed by atoms with Crippen LogP contribution in [0.1, 0.15) is 17.3 Å². The van der Waals surface area contributed by atoms with Gasteiger partial charge in [0.15, 0.2) is 0 Å². The van der Waals surface area contributed by atoms with Crippen molar-refractivity contribution in [2.45, 2.75) is 6.92 Å². The zero-order valence-corrected chi connectivity index (χ0v) is 11.4. The molecule has 0 aliphatic rings. The minimum absolute atomic E-state index is 0.271. The Morgan fingerprint density at radius 2 is 2.05 bits per heavy atom. The maximum absolute atomic E-state index is 13.8. The van der Waals surface area contributed by atoms with Crippen LogP contribution in [0.4, 0.5) is 15.9 Å². The van der Waals surface area contributed by atoms with Crippen molar-refractivity contribution in [2.75, 3.05) is 23.8 Å². The van der Waals surface area contributed by atoms with E-state index in [0.717, 1.165) is 0 Å². The Hall–Kier alpha value is -2.43. The first kappa shape index (κ1) is 14.0. The molecule has 0 aliphatic heterocycles. The van der Waals surface area contributed by atoms with Crippen molar-refractivity contribution in [2.24, 2.45) is 0 Å². The molecule has 0 unspecified atom stereocenters. The van der Waals surface area contributed by atoms with Gasteiger partial charge in [-0.15, -0.1) is 0 Å². The summed E-state index contributed by atoms with van der Waals surface area (Å²) in [6.07, 6.45) is 1.48. The Labute approximate surface area is 117 Å². The van der Waals surface area contributed by atoms with Crippen LogP contribution in [0.15, 0.2) is 42.6 Å².